The number of aliphatic hydroxyl groups excluding tert-OH is 1. The summed E-state index contributed by atoms with van der Waals surface area (Å²) in [5.74, 6) is -2.84. The van der Waals surface area contributed by atoms with Gasteiger partial charge < -0.3 is 30.2 Å². The lowest BCUT2D eigenvalue weighted by Crippen LogP contribution is -2.53. The van der Waals surface area contributed by atoms with Crippen LogP contribution in [-0.2, 0) is 30.2 Å². The standard InChI is InChI=1S/C27H25ClFN5O7/c1-39-25(38)27(24(36)37,11-14-7-9-16(10-8-14)15-5-3-2-4-6-15)40-12-17-20(35)18(29)23(41-17)34-13-31-19-21(30)32-26(28)33-22(19)34/h2-10,13,17-18,20,23,35H,11-12H2,1H3,(H,36,37)(H2,30,32,33)/t17-,18+,20-,23-,27?/m1/s1. The monoisotopic (exact) mass is 585 g/mol. The van der Waals surface area contributed by atoms with Crippen molar-refractivity contribution in [1.29, 1.82) is 0 Å². The summed E-state index contributed by atoms with van der Waals surface area (Å²) in [6, 6.07) is 16.4. The predicted octanol–water partition coefficient (Wildman–Crippen LogP) is 2.58. The maximum absolute atomic E-state index is 15.3. The Morgan fingerprint density at radius 3 is 2.49 bits per heavy atom. The van der Waals surface area contributed by atoms with Crippen LogP contribution in [0.3, 0.4) is 0 Å². The van der Waals surface area contributed by atoms with Crippen LogP contribution in [-0.4, -0.2) is 79.4 Å². The molecule has 0 radical (unpaired) electrons. The van der Waals surface area contributed by atoms with E-state index in [0.29, 0.717) is 5.56 Å². The first-order valence-electron chi connectivity index (χ1n) is 12.4. The Labute approximate surface area is 237 Å². The van der Waals surface area contributed by atoms with Gasteiger partial charge >= 0.3 is 11.9 Å². The van der Waals surface area contributed by atoms with E-state index in [0.717, 1.165) is 18.2 Å². The molecule has 1 aliphatic heterocycles. The van der Waals surface area contributed by atoms with Crippen LogP contribution < -0.4 is 5.73 Å². The highest BCUT2D eigenvalue weighted by Crippen LogP contribution is 2.35. The molecule has 0 amide bonds. The number of methoxy groups -OCH3 is 1. The molecule has 4 aromatic rings. The molecule has 41 heavy (non-hydrogen) atoms. The Balaban J connectivity index is 1.37. The number of hydrogen-bond donors (Lipinski definition) is 3. The number of anilines is 1. The quantitative estimate of drug-likeness (QED) is 0.150. The van der Waals surface area contributed by atoms with E-state index in [1.165, 1.54) is 10.9 Å². The van der Waals surface area contributed by atoms with Gasteiger partial charge in [0.2, 0.25) is 5.28 Å². The number of carbonyl (C=O) groups excluding carboxylic acids is 1. The maximum Gasteiger partial charge on any atom is 0.350 e. The number of hydrogen-bond acceptors (Lipinski definition) is 10. The van der Waals surface area contributed by atoms with Gasteiger partial charge in [0.05, 0.1) is 20.0 Å². The molecular weight excluding hydrogens is 561 g/mol. The minimum Gasteiger partial charge on any atom is -0.479 e. The highest BCUT2D eigenvalue weighted by Gasteiger charge is 2.52. The van der Waals surface area contributed by atoms with E-state index >= 15 is 4.39 Å². The highest BCUT2D eigenvalue weighted by molar-refractivity contribution is 6.28. The molecule has 2 aromatic heterocycles. The molecule has 1 unspecified atom stereocenters. The number of aliphatic carboxylic acids is 1. The maximum atomic E-state index is 15.3. The summed E-state index contributed by atoms with van der Waals surface area (Å²) in [6.07, 6.45) is -5.76. The lowest BCUT2D eigenvalue weighted by Gasteiger charge is -2.28. The number of aliphatic hydroxyl groups is 1. The van der Waals surface area contributed by atoms with Crippen LogP contribution in [0.15, 0.2) is 60.9 Å². The molecule has 1 fully saturated rings. The summed E-state index contributed by atoms with van der Waals surface area (Å²) in [4.78, 5) is 37.2. The zero-order valence-corrected chi connectivity index (χ0v) is 22.3. The summed E-state index contributed by atoms with van der Waals surface area (Å²) in [6.45, 7) is -0.661. The van der Waals surface area contributed by atoms with E-state index in [2.05, 4.69) is 15.0 Å². The van der Waals surface area contributed by atoms with Crippen molar-refractivity contribution in [2.45, 2.75) is 36.6 Å². The van der Waals surface area contributed by atoms with E-state index in [1.54, 1.807) is 24.3 Å². The smallest absolute Gasteiger partial charge is 0.350 e. The Hall–Kier alpha value is -4.17. The van der Waals surface area contributed by atoms with E-state index in [9.17, 15) is 19.8 Å². The van der Waals surface area contributed by atoms with Gasteiger partial charge in [0.15, 0.2) is 23.9 Å². The molecule has 14 heteroatoms. The van der Waals surface area contributed by atoms with Crippen molar-refractivity contribution in [3.63, 3.8) is 0 Å². The Morgan fingerprint density at radius 2 is 1.83 bits per heavy atom. The molecule has 0 bridgehead atoms. The number of carboxylic acid groups (broad SMARTS) is 1. The number of halogens is 2. The van der Waals surface area contributed by atoms with E-state index < -0.39 is 55.2 Å². The number of nitrogens with two attached hydrogens (primary N) is 1. The topological polar surface area (TPSA) is 172 Å². The van der Waals surface area contributed by atoms with Crippen molar-refractivity contribution < 1.29 is 38.4 Å². The minimum atomic E-state index is -2.51. The molecule has 214 valence electrons. The fraction of sp³-hybridized carbons (Fsp3) is 0.296. The van der Waals surface area contributed by atoms with Crippen molar-refractivity contribution in [2.75, 3.05) is 19.5 Å². The summed E-state index contributed by atoms with van der Waals surface area (Å²) in [5, 5.41) is 20.5. The Morgan fingerprint density at radius 1 is 1.15 bits per heavy atom. The van der Waals surface area contributed by atoms with Crippen molar-refractivity contribution in [3.8, 4) is 11.1 Å². The molecule has 1 saturated heterocycles. The molecular formula is C27H25ClFN5O7. The summed E-state index contributed by atoms with van der Waals surface area (Å²) < 4.78 is 32.6. The molecule has 0 saturated carbocycles. The van der Waals surface area contributed by atoms with E-state index in [4.69, 9.17) is 31.5 Å². The lowest BCUT2D eigenvalue weighted by molar-refractivity contribution is -0.192. The van der Waals surface area contributed by atoms with Gasteiger partial charge in [-0.2, -0.15) is 9.97 Å². The van der Waals surface area contributed by atoms with Gasteiger partial charge in [-0.1, -0.05) is 54.6 Å². The van der Waals surface area contributed by atoms with Crippen LogP contribution in [0.5, 0.6) is 0 Å². The van der Waals surface area contributed by atoms with Crippen molar-refractivity contribution >= 4 is 40.5 Å². The van der Waals surface area contributed by atoms with Gasteiger partial charge in [0.1, 0.15) is 17.7 Å². The summed E-state index contributed by atoms with van der Waals surface area (Å²) in [5.41, 5.74) is 5.82. The number of carboxylic acids is 1. The molecule has 3 heterocycles. The van der Waals surface area contributed by atoms with E-state index in [1.807, 2.05) is 30.3 Å². The third kappa shape index (κ3) is 5.32. The molecule has 1 aliphatic rings. The van der Waals surface area contributed by atoms with Crippen LogP contribution >= 0.6 is 11.6 Å². The normalized spacial score (nSPS) is 22.0. The number of imidazole rings is 1. The van der Waals surface area contributed by atoms with Gasteiger partial charge in [0.25, 0.3) is 5.60 Å². The van der Waals surface area contributed by atoms with E-state index in [-0.39, 0.29) is 22.3 Å². The van der Waals surface area contributed by atoms with Crippen LogP contribution in [0, 0.1) is 0 Å². The van der Waals surface area contributed by atoms with Crippen LogP contribution in [0.4, 0.5) is 10.2 Å². The first-order valence-corrected chi connectivity index (χ1v) is 12.8. The lowest BCUT2D eigenvalue weighted by atomic mass is 9.92. The van der Waals surface area contributed by atoms with Crippen LogP contribution in [0.1, 0.15) is 11.8 Å². The number of rotatable bonds is 9. The molecule has 2 aromatic carbocycles. The molecule has 12 nitrogen and oxygen atoms in total. The Kier molecular flexibility index (Phi) is 7.87. The van der Waals surface area contributed by atoms with Crippen LogP contribution in [0.2, 0.25) is 5.28 Å². The van der Waals surface area contributed by atoms with Crippen molar-refractivity contribution in [1.82, 2.24) is 19.5 Å². The second-order valence-corrected chi connectivity index (χ2v) is 9.71. The van der Waals surface area contributed by atoms with Crippen molar-refractivity contribution in [2.24, 2.45) is 0 Å². The zero-order valence-electron chi connectivity index (χ0n) is 21.6. The number of aromatic nitrogens is 4. The first kappa shape index (κ1) is 28.4. The van der Waals surface area contributed by atoms with Gasteiger partial charge in [-0.15, -0.1) is 0 Å². The third-order valence-electron chi connectivity index (χ3n) is 6.86. The number of benzene rings is 2. The number of nitrogen functional groups attached to an aromatic ring is 1. The largest absolute Gasteiger partial charge is 0.479 e. The van der Waals surface area contributed by atoms with Crippen LogP contribution in [0.25, 0.3) is 22.3 Å². The molecule has 5 rings (SSSR count). The first-order chi connectivity index (χ1) is 19.6. The average molecular weight is 586 g/mol. The van der Waals surface area contributed by atoms with Gasteiger partial charge in [-0.3, -0.25) is 4.57 Å². The average Bonchev–Trinajstić information content (AvgIpc) is 3.51. The van der Waals surface area contributed by atoms with Gasteiger partial charge in [-0.25, -0.2) is 19.0 Å². The minimum absolute atomic E-state index is 0.0336. The fourth-order valence-electron chi connectivity index (χ4n) is 4.69. The van der Waals surface area contributed by atoms with Crippen molar-refractivity contribution in [3.05, 3.63) is 71.8 Å². The molecule has 0 aliphatic carbocycles. The van der Waals surface area contributed by atoms with Gasteiger partial charge in [-0.05, 0) is 28.3 Å². The number of ether oxygens (including phenoxy) is 3. The fourth-order valence-corrected chi connectivity index (χ4v) is 4.86. The molecule has 0 spiro atoms. The number of nitrogens with zero attached hydrogens (tertiary/aromatic N) is 4. The summed E-state index contributed by atoms with van der Waals surface area (Å²) >= 11 is 5.89. The SMILES string of the molecule is COC(=O)C(Cc1ccc(-c2ccccc2)cc1)(OC[C@H]1O[C@@H](n2cnc3c(N)nc(Cl)nc32)[C@@H](F)[C@@H]1O)C(=O)O. The number of esters is 1. The second kappa shape index (κ2) is 11.4. The molecule has 4 N–H and O–H groups in total. The molecule has 5 atom stereocenters. The number of fused-ring (bicyclic) bond motifs is 1. The van der Waals surface area contributed by atoms with Gasteiger partial charge in [0, 0.05) is 6.42 Å². The second-order valence-electron chi connectivity index (χ2n) is 9.38. The summed E-state index contributed by atoms with van der Waals surface area (Å²) in [7, 11) is 1.03. The third-order valence-corrected chi connectivity index (χ3v) is 7.03. The zero-order chi connectivity index (χ0) is 29.3. The number of carbonyl (C=O) groups is 2. The number of alkyl halides is 1. The predicted molar refractivity (Wildman–Crippen MR) is 143 cm³/mol. The Bertz CT molecular complexity index is 1570. The highest BCUT2D eigenvalue weighted by atomic mass is 35.5.